The zero-order chi connectivity index (χ0) is 22.0. The van der Waals surface area contributed by atoms with E-state index in [2.05, 4.69) is 23.3 Å². The smallest absolute Gasteiger partial charge is 0.326 e. The average molecular weight is 421 g/mol. The minimum Gasteiger partial charge on any atom is -0.481 e. The number of carbonyl (C=O) groups excluding carboxylic acids is 2. The molecule has 0 aliphatic carbocycles. The monoisotopic (exact) mass is 421 g/mol. The lowest BCUT2D eigenvalue weighted by atomic mass is 9.97. The molecular weight excluding hydrogens is 394 g/mol. The van der Waals surface area contributed by atoms with Crippen molar-refractivity contribution < 1.29 is 39.3 Å². The van der Waals surface area contributed by atoms with Crippen molar-refractivity contribution in [1.82, 2.24) is 10.6 Å². The molecule has 0 aliphatic heterocycles. The standard InChI is InChI=1S/C16H27N3O8S/c1-3-7(2)12(14(24)18-9(16(26)27)6-11(22)23)19-15(25)13(28)8(17)4-5-10(20)21/h7-9,12-13,28H,3-6,17H2,1-2H3,(H,18,24)(H,19,25)(H,20,21)(H,22,23)(H,26,27)/t7-,8?,9-,12-,13?/m0/s1. The number of nitrogens with one attached hydrogen (secondary N) is 2. The van der Waals surface area contributed by atoms with Crippen molar-refractivity contribution in [2.75, 3.05) is 0 Å². The topological polar surface area (TPSA) is 196 Å². The summed E-state index contributed by atoms with van der Waals surface area (Å²) in [6.07, 6.45) is -0.623. The number of carboxylic acid groups (broad SMARTS) is 3. The van der Waals surface area contributed by atoms with E-state index in [-0.39, 0.29) is 12.8 Å². The van der Waals surface area contributed by atoms with Gasteiger partial charge in [-0.2, -0.15) is 12.6 Å². The first-order valence-corrected chi connectivity index (χ1v) is 9.13. The summed E-state index contributed by atoms with van der Waals surface area (Å²) in [6, 6.07) is -3.67. The molecule has 5 atom stereocenters. The highest BCUT2D eigenvalue weighted by atomic mass is 32.1. The summed E-state index contributed by atoms with van der Waals surface area (Å²) in [6.45, 7) is 3.40. The summed E-state index contributed by atoms with van der Waals surface area (Å²) in [5.41, 5.74) is 5.76. The Kier molecular flexibility index (Phi) is 11.2. The van der Waals surface area contributed by atoms with E-state index in [4.69, 9.17) is 21.1 Å². The van der Waals surface area contributed by atoms with Gasteiger partial charge in [-0.1, -0.05) is 20.3 Å². The second-order valence-electron chi connectivity index (χ2n) is 6.41. The van der Waals surface area contributed by atoms with Crippen LogP contribution in [0, 0.1) is 5.92 Å². The first-order valence-electron chi connectivity index (χ1n) is 8.61. The Labute approximate surface area is 167 Å². The normalized spacial score (nSPS) is 16.1. The third-order valence-electron chi connectivity index (χ3n) is 4.15. The van der Waals surface area contributed by atoms with E-state index in [1.165, 1.54) is 0 Å². The Bertz CT molecular complexity index is 600. The fourth-order valence-electron chi connectivity index (χ4n) is 2.22. The van der Waals surface area contributed by atoms with Crippen LogP contribution in [0.3, 0.4) is 0 Å². The highest BCUT2D eigenvalue weighted by Crippen LogP contribution is 2.12. The number of carboxylic acids is 3. The maximum Gasteiger partial charge on any atom is 0.326 e. The van der Waals surface area contributed by atoms with E-state index >= 15 is 0 Å². The average Bonchev–Trinajstić information content (AvgIpc) is 2.61. The van der Waals surface area contributed by atoms with Crippen LogP contribution < -0.4 is 16.4 Å². The SMILES string of the molecule is CC[C@H](C)[C@H](NC(=O)C(S)C(N)CCC(=O)O)C(=O)N[C@@H](CC(=O)O)C(=O)O. The lowest BCUT2D eigenvalue weighted by molar-refractivity contribution is -0.147. The number of amides is 2. The Morgan fingerprint density at radius 3 is 2.00 bits per heavy atom. The van der Waals surface area contributed by atoms with Gasteiger partial charge in [-0.05, 0) is 12.3 Å². The van der Waals surface area contributed by atoms with Crippen LogP contribution in [0.5, 0.6) is 0 Å². The van der Waals surface area contributed by atoms with Crippen molar-refractivity contribution in [2.45, 2.75) is 62.9 Å². The molecule has 2 unspecified atom stereocenters. The molecule has 28 heavy (non-hydrogen) atoms. The molecule has 0 aromatic rings. The van der Waals surface area contributed by atoms with Gasteiger partial charge in [0.1, 0.15) is 12.1 Å². The van der Waals surface area contributed by atoms with Crippen molar-refractivity contribution >= 4 is 42.4 Å². The first kappa shape index (κ1) is 25.7. The first-order chi connectivity index (χ1) is 12.9. The summed E-state index contributed by atoms with van der Waals surface area (Å²) >= 11 is 4.08. The van der Waals surface area contributed by atoms with Crippen LogP contribution in [0.2, 0.25) is 0 Å². The molecule has 0 saturated carbocycles. The van der Waals surface area contributed by atoms with E-state index < -0.39 is 65.4 Å². The molecule has 11 nitrogen and oxygen atoms in total. The second kappa shape index (κ2) is 12.2. The van der Waals surface area contributed by atoms with E-state index in [9.17, 15) is 24.0 Å². The van der Waals surface area contributed by atoms with E-state index in [0.29, 0.717) is 6.42 Å². The fourth-order valence-corrected chi connectivity index (χ4v) is 2.44. The molecule has 0 bridgehead atoms. The van der Waals surface area contributed by atoms with Gasteiger partial charge in [0, 0.05) is 12.5 Å². The lowest BCUT2D eigenvalue weighted by Gasteiger charge is -2.27. The van der Waals surface area contributed by atoms with Crippen LogP contribution in [-0.4, -0.2) is 68.4 Å². The third kappa shape index (κ3) is 9.04. The Morgan fingerprint density at radius 2 is 1.57 bits per heavy atom. The summed E-state index contributed by atoms with van der Waals surface area (Å²) in [5, 5.41) is 29.9. The highest BCUT2D eigenvalue weighted by Gasteiger charge is 2.33. The summed E-state index contributed by atoms with van der Waals surface area (Å²) in [7, 11) is 0. The number of nitrogens with two attached hydrogens (primary N) is 1. The molecule has 0 fully saturated rings. The van der Waals surface area contributed by atoms with Crippen molar-refractivity contribution in [2.24, 2.45) is 11.7 Å². The van der Waals surface area contributed by atoms with Gasteiger partial charge < -0.3 is 31.7 Å². The minimum absolute atomic E-state index is 0.00316. The van der Waals surface area contributed by atoms with Crippen molar-refractivity contribution in [3.8, 4) is 0 Å². The zero-order valence-corrected chi connectivity index (χ0v) is 16.5. The van der Waals surface area contributed by atoms with Crippen molar-refractivity contribution in [3.63, 3.8) is 0 Å². The predicted octanol–water partition coefficient (Wildman–Crippen LogP) is -0.948. The quantitative estimate of drug-likeness (QED) is 0.183. The van der Waals surface area contributed by atoms with Crippen LogP contribution in [0.4, 0.5) is 0 Å². The predicted molar refractivity (Wildman–Crippen MR) is 101 cm³/mol. The van der Waals surface area contributed by atoms with Crippen LogP contribution in [-0.2, 0) is 24.0 Å². The van der Waals surface area contributed by atoms with Crippen LogP contribution >= 0.6 is 12.6 Å². The van der Waals surface area contributed by atoms with Gasteiger partial charge >= 0.3 is 17.9 Å². The molecule has 0 saturated heterocycles. The summed E-state index contributed by atoms with van der Waals surface area (Å²) < 4.78 is 0. The van der Waals surface area contributed by atoms with Gasteiger partial charge in [-0.15, -0.1) is 0 Å². The van der Waals surface area contributed by atoms with Gasteiger partial charge in [0.05, 0.1) is 11.7 Å². The number of aliphatic carboxylic acids is 3. The molecular formula is C16H27N3O8S. The number of hydrogen-bond acceptors (Lipinski definition) is 7. The number of hydrogen-bond donors (Lipinski definition) is 7. The molecule has 0 rings (SSSR count). The van der Waals surface area contributed by atoms with Crippen LogP contribution in [0.25, 0.3) is 0 Å². The maximum absolute atomic E-state index is 12.5. The molecule has 160 valence electrons. The van der Waals surface area contributed by atoms with Crippen LogP contribution in [0.1, 0.15) is 39.5 Å². The summed E-state index contributed by atoms with van der Waals surface area (Å²) in [5.74, 6) is -5.97. The molecule has 2 amide bonds. The maximum atomic E-state index is 12.5. The molecule has 0 heterocycles. The molecule has 7 N–H and O–H groups in total. The Morgan fingerprint density at radius 1 is 1.00 bits per heavy atom. The number of carbonyl (C=O) groups is 5. The second-order valence-corrected chi connectivity index (χ2v) is 6.97. The largest absolute Gasteiger partial charge is 0.481 e. The molecule has 0 aromatic carbocycles. The molecule has 0 radical (unpaired) electrons. The molecule has 0 spiro atoms. The Balaban J connectivity index is 5.17. The van der Waals surface area contributed by atoms with Crippen molar-refractivity contribution in [1.29, 1.82) is 0 Å². The summed E-state index contributed by atoms with van der Waals surface area (Å²) in [4.78, 5) is 57.3. The Hall–Kier alpha value is -2.34. The highest BCUT2D eigenvalue weighted by molar-refractivity contribution is 7.81. The van der Waals surface area contributed by atoms with Crippen LogP contribution in [0.15, 0.2) is 0 Å². The molecule has 0 aliphatic rings. The third-order valence-corrected chi connectivity index (χ3v) is 4.77. The van der Waals surface area contributed by atoms with Gasteiger partial charge in [-0.25, -0.2) is 4.79 Å². The van der Waals surface area contributed by atoms with Gasteiger partial charge in [0.15, 0.2) is 0 Å². The lowest BCUT2D eigenvalue weighted by Crippen LogP contribution is -2.56. The van der Waals surface area contributed by atoms with E-state index in [1.807, 2.05) is 0 Å². The molecule has 12 heteroatoms. The van der Waals surface area contributed by atoms with Gasteiger partial charge in [-0.3, -0.25) is 19.2 Å². The van der Waals surface area contributed by atoms with E-state index in [0.717, 1.165) is 0 Å². The minimum atomic E-state index is -1.65. The van der Waals surface area contributed by atoms with E-state index in [1.54, 1.807) is 13.8 Å². The zero-order valence-electron chi connectivity index (χ0n) is 15.6. The number of rotatable bonds is 13. The fraction of sp³-hybridized carbons (Fsp3) is 0.688. The molecule has 0 aromatic heterocycles. The van der Waals surface area contributed by atoms with Gasteiger partial charge in [0.25, 0.3) is 0 Å². The van der Waals surface area contributed by atoms with Gasteiger partial charge in [0.2, 0.25) is 11.8 Å². The van der Waals surface area contributed by atoms with Crippen molar-refractivity contribution in [3.05, 3.63) is 0 Å². The number of thiol groups is 1.